The molecule has 0 saturated heterocycles. The largest absolute Gasteiger partial charge is 0.312 e. The van der Waals surface area contributed by atoms with Crippen molar-refractivity contribution in [2.24, 2.45) is 5.92 Å². The van der Waals surface area contributed by atoms with Crippen LogP contribution >= 0.6 is 0 Å². The average Bonchev–Trinajstić information content (AvgIpc) is 3.03. The lowest BCUT2D eigenvalue weighted by Crippen LogP contribution is -2.48. The van der Waals surface area contributed by atoms with Crippen molar-refractivity contribution in [3.63, 3.8) is 0 Å². The maximum absolute atomic E-state index is 3.68. The van der Waals surface area contributed by atoms with E-state index < -0.39 is 0 Å². The average molecular weight is 226 g/mol. The van der Waals surface area contributed by atoms with Crippen LogP contribution in [0, 0.1) is 5.92 Å². The lowest BCUT2D eigenvalue weighted by atomic mass is 9.99. The Morgan fingerprint density at radius 3 is 2.12 bits per heavy atom. The van der Waals surface area contributed by atoms with Crippen molar-refractivity contribution >= 4 is 0 Å². The normalized spacial score (nSPS) is 18.8. The first-order valence-corrected chi connectivity index (χ1v) is 7.05. The number of hydrogen-bond donors (Lipinski definition) is 1. The highest BCUT2D eigenvalue weighted by Crippen LogP contribution is 2.21. The monoisotopic (exact) mass is 226 g/mol. The zero-order chi connectivity index (χ0) is 12.1. The Bertz CT molecular complexity index is 183. The summed E-state index contributed by atoms with van der Waals surface area (Å²) in [6, 6.07) is 2.26. The van der Waals surface area contributed by atoms with E-state index in [4.69, 9.17) is 0 Å². The first-order chi connectivity index (χ1) is 7.60. The van der Waals surface area contributed by atoms with Crippen molar-refractivity contribution < 1.29 is 0 Å². The van der Waals surface area contributed by atoms with E-state index >= 15 is 0 Å². The molecule has 2 heteroatoms. The molecule has 0 aliphatic heterocycles. The van der Waals surface area contributed by atoms with Gasteiger partial charge >= 0.3 is 0 Å². The molecule has 2 nitrogen and oxygen atoms in total. The minimum Gasteiger partial charge on any atom is -0.312 e. The number of likely N-dealkylation sites (N-methyl/N-ethyl adjacent to an activating group) is 1. The SMILES string of the molecule is CCC(CC)N(C)C(CNC1CC1)C(C)C. The summed E-state index contributed by atoms with van der Waals surface area (Å²) in [4.78, 5) is 2.60. The smallest absolute Gasteiger partial charge is 0.0243 e. The van der Waals surface area contributed by atoms with Gasteiger partial charge in [-0.15, -0.1) is 0 Å². The molecule has 0 aromatic heterocycles. The molecule has 0 radical (unpaired) electrons. The molecule has 1 atom stereocenters. The predicted octanol–water partition coefficient (Wildman–Crippen LogP) is 2.88. The third kappa shape index (κ3) is 4.06. The fourth-order valence-electron chi connectivity index (χ4n) is 2.56. The summed E-state index contributed by atoms with van der Waals surface area (Å²) in [6.07, 6.45) is 5.30. The fourth-order valence-corrected chi connectivity index (χ4v) is 2.56. The van der Waals surface area contributed by atoms with E-state index in [1.165, 1.54) is 25.7 Å². The molecule has 0 bridgehead atoms. The Kier molecular flexibility index (Phi) is 5.77. The first-order valence-electron chi connectivity index (χ1n) is 7.05. The summed E-state index contributed by atoms with van der Waals surface area (Å²) in [5.41, 5.74) is 0. The Hall–Kier alpha value is -0.0800. The van der Waals surface area contributed by atoms with Crippen molar-refractivity contribution in [1.29, 1.82) is 0 Å². The Balaban J connectivity index is 2.45. The van der Waals surface area contributed by atoms with Gasteiger partial charge in [-0.3, -0.25) is 4.90 Å². The number of hydrogen-bond acceptors (Lipinski definition) is 2. The van der Waals surface area contributed by atoms with E-state index in [0.29, 0.717) is 6.04 Å². The van der Waals surface area contributed by atoms with Crippen LogP contribution in [0.1, 0.15) is 53.4 Å². The minimum atomic E-state index is 0.686. The Morgan fingerprint density at radius 1 is 1.19 bits per heavy atom. The van der Waals surface area contributed by atoms with Crippen molar-refractivity contribution in [2.45, 2.75) is 71.5 Å². The van der Waals surface area contributed by atoms with Crippen LogP contribution in [0.5, 0.6) is 0 Å². The third-order valence-electron chi connectivity index (χ3n) is 4.00. The van der Waals surface area contributed by atoms with Gasteiger partial charge in [-0.05, 0) is 38.6 Å². The van der Waals surface area contributed by atoms with Crippen LogP contribution in [-0.4, -0.2) is 36.6 Å². The van der Waals surface area contributed by atoms with Gasteiger partial charge in [0.1, 0.15) is 0 Å². The van der Waals surface area contributed by atoms with E-state index in [0.717, 1.165) is 24.5 Å². The molecule has 1 aliphatic carbocycles. The summed E-state index contributed by atoms with van der Waals surface area (Å²) in [5, 5.41) is 3.68. The van der Waals surface area contributed by atoms with Crippen LogP contribution in [-0.2, 0) is 0 Å². The highest BCUT2D eigenvalue weighted by molar-refractivity contribution is 4.86. The lowest BCUT2D eigenvalue weighted by molar-refractivity contribution is 0.126. The quantitative estimate of drug-likeness (QED) is 0.684. The molecule has 1 saturated carbocycles. The predicted molar refractivity (Wildman–Crippen MR) is 71.8 cm³/mol. The maximum atomic E-state index is 3.68. The van der Waals surface area contributed by atoms with Crippen molar-refractivity contribution in [1.82, 2.24) is 10.2 Å². The summed E-state index contributed by atoms with van der Waals surface area (Å²) in [7, 11) is 2.30. The summed E-state index contributed by atoms with van der Waals surface area (Å²) in [6.45, 7) is 10.5. The second-order valence-electron chi connectivity index (χ2n) is 5.63. The van der Waals surface area contributed by atoms with Crippen molar-refractivity contribution in [2.75, 3.05) is 13.6 Å². The number of nitrogens with zero attached hydrogens (tertiary/aromatic N) is 1. The van der Waals surface area contributed by atoms with Gasteiger partial charge < -0.3 is 5.32 Å². The summed E-state index contributed by atoms with van der Waals surface area (Å²) >= 11 is 0. The van der Waals surface area contributed by atoms with Gasteiger partial charge in [0.15, 0.2) is 0 Å². The van der Waals surface area contributed by atoms with Gasteiger partial charge in [0.25, 0.3) is 0 Å². The van der Waals surface area contributed by atoms with Crippen LogP contribution in [0.25, 0.3) is 0 Å². The second kappa shape index (κ2) is 6.61. The van der Waals surface area contributed by atoms with E-state index in [-0.39, 0.29) is 0 Å². The van der Waals surface area contributed by atoms with Gasteiger partial charge in [0.05, 0.1) is 0 Å². The highest BCUT2D eigenvalue weighted by Gasteiger charge is 2.26. The molecule has 0 aromatic rings. The van der Waals surface area contributed by atoms with E-state index in [2.05, 4.69) is 45.0 Å². The van der Waals surface area contributed by atoms with Crippen LogP contribution in [0.4, 0.5) is 0 Å². The second-order valence-corrected chi connectivity index (χ2v) is 5.63. The molecule has 1 unspecified atom stereocenters. The molecule has 0 spiro atoms. The van der Waals surface area contributed by atoms with Crippen molar-refractivity contribution in [3.05, 3.63) is 0 Å². The summed E-state index contributed by atoms with van der Waals surface area (Å²) < 4.78 is 0. The molecule has 1 N–H and O–H groups in total. The van der Waals surface area contributed by atoms with E-state index in [1.807, 2.05) is 0 Å². The van der Waals surface area contributed by atoms with Crippen molar-refractivity contribution in [3.8, 4) is 0 Å². The molecular formula is C14H30N2. The maximum Gasteiger partial charge on any atom is 0.0243 e. The fraction of sp³-hybridized carbons (Fsp3) is 1.00. The van der Waals surface area contributed by atoms with E-state index in [1.54, 1.807) is 0 Å². The zero-order valence-electron chi connectivity index (χ0n) is 11.8. The Labute approximate surface area is 102 Å². The van der Waals surface area contributed by atoms with Crippen LogP contribution in [0.3, 0.4) is 0 Å². The minimum absolute atomic E-state index is 0.686. The van der Waals surface area contributed by atoms with E-state index in [9.17, 15) is 0 Å². The summed E-state index contributed by atoms with van der Waals surface area (Å²) in [5.74, 6) is 0.733. The Morgan fingerprint density at radius 2 is 1.75 bits per heavy atom. The molecule has 1 rings (SSSR count). The topological polar surface area (TPSA) is 15.3 Å². The van der Waals surface area contributed by atoms with Gasteiger partial charge in [-0.25, -0.2) is 0 Å². The standard InChI is InChI=1S/C14H30N2/c1-6-13(7-2)16(5)14(11(3)4)10-15-12-8-9-12/h11-15H,6-10H2,1-5H3. The zero-order valence-corrected chi connectivity index (χ0v) is 11.8. The molecule has 16 heavy (non-hydrogen) atoms. The van der Waals surface area contributed by atoms with Gasteiger partial charge in [0.2, 0.25) is 0 Å². The molecule has 0 heterocycles. The molecule has 1 aliphatic rings. The van der Waals surface area contributed by atoms with Crippen LogP contribution in [0.15, 0.2) is 0 Å². The van der Waals surface area contributed by atoms with Crippen LogP contribution in [0.2, 0.25) is 0 Å². The van der Waals surface area contributed by atoms with Gasteiger partial charge in [-0.2, -0.15) is 0 Å². The molecule has 0 amide bonds. The molecular weight excluding hydrogens is 196 g/mol. The molecule has 96 valence electrons. The number of nitrogens with one attached hydrogen (secondary N) is 1. The lowest BCUT2D eigenvalue weighted by Gasteiger charge is -2.37. The third-order valence-corrected chi connectivity index (χ3v) is 4.00. The molecule has 1 fully saturated rings. The highest BCUT2D eigenvalue weighted by atomic mass is 15.2. The number of rotatable bonds is 8. The van der Waals surface area contributed by atoms with Gasteiger partial charge in [0, 0.05) is 24.7 Å². The van der Waals surface area contributed by atoms with Gasteiger partial charge in [-0.1, -0.05) is 27.7 Å². The first kappa shape index (κ1) is 14.0. The van der Waals surface area contributed by atoms with Crippen LogP contribution < -0.4 is 5.32 Å². The molecule has 0 aromatic carbocycles.